The highest BCUT2D eigenvalue weighted by molar-refractivity contribution is 5.70. The summed E-state index contributed by atoms with van der Waals surface area (Å²) in [6, 6.07) is 0. The number of carbonyl (C=O) groups is 2. The molecular weight excluding hydrogens is 949 g/mol. The fourth-order valence-electron chi connectivity index (χ4n) is 8.80. The molecule has 0 aromatic heterocycles. The third-order valence-electron chi connectivity index (χ3n) is 13.5. The second-order valence-corrected chi connectivity index (χ2v) is 20.1. The van der Waals surface area contributed by atoms with Crippen LogP contribution in [0.15, 0.2) is 60.8 Å². The van der Waals surface area contributed by atoms with Gasteiger partial charge in [-0.05, 0) is 70.6 Å². The Morgan fingerprint density at radius 3 is 1.39 bits per heavy atom. The van der Waals surface area contributed by atoms with Gasteiger partial charge in [0, 0.05) is 12.8 Å². The molecule has 2 aliphatic rings. The van der Waals surface area contributed by atoms with Gasteiger partial charge in [0.2, 0.25) is 0 Å². The van der Waals surface area contributed by atoms with Crippen molar-refractivity contribution >= 4 is 11.9 Å². The van der Waals surface area contributed by atoms with Gasteiger partial charge in [-0.1, -0.05) is 184 Å². The maximum absolute atomic E-state index is 13.0. The molecular formula is C59H102O15. The zero-order chi connectivity index (χ0) is 53.9. The molecule has 0 amide bonds. The van der Waals surface area contributed by atoms with E-state index in [-0.39, 0.29) is 19.4 Å². The average molecular weight is 1050 g/mol. The largest absolute Gasteiger partial charge is 0.462 e. The number of rotatable bonds is 45. The van der Waals surface area contributed by atoms with Crippen LogP contribution in [0.1, 0.15) is 206 Å². The monoisotopic (exact) mass is 1050 g/mol. The number of unbranched alkanes of at least 4 members (excludes halogenated alkanes) is 21. The third kappa shape index (κ3) is 32.1. The lowest BCUT2D eigenvalue weighted by molar-refractivity contribution is -0.332. The van der Waals surface area contributed by atoms with E-state index in [1.54, 1.807) is 0 Å². The van der Waals surface area contributed by atoms with Crippen LogP contribution in [-0.2, 0) is 38.0 Å². The van der Waals surface area contributed by atoms with Gasteiger partial charge in [-0.15, -0.1) is 0 Å². The molecule has 428 valence electrons. The van der Waals surface area contributed by atoms with Crippen molar-refractivity contribution in [3.8, 4) is 0 Å². The van der Waals surface area contributed by atoms with Gasteiger partial charge in [-0.25, -0.2) is 0 Å². The summed E-state index contributed by atoms with van der Waals surface area (Å²) in [4.78, 5) is 25.8. The summed E-state index contributed by atoms with van der Waals surface area (Å²) in [6.45, 7) is 2.42. The highest BCUT2D eigenvalue weighted by atomic mass is 16.7. The second-order valence-electron chi connectivity index (χ2n) is 20.1. The molecule has 15 heteroatoms. The maximum Gasteiger partial charge on any atom is 0.306 e. The van der Waals surface area contributed by atoms with E-state index in [0.29, 0.717) is 12.8 Å². The van der Waals surface area contributed by atoms with Crippen LogP contribution in [0.3, 0.4) is 0 Å². The van der Waals surface area contributed by atoms with Crippen LogP contribution >= 0.6 is 0 Å². The fourth-order valence-corrected chi connectivity index (χ4v) is 8.80. The molecule has 0 bridgehead atoms. The molecule has 2 heterocycles. The first kappa shape index (κ1) is 67.3. The van der Waals surface area contributed by atoms with Crippen molar-refractivity contribution < 1.29 is 73.8 Å². The van der Waals surface area contributed by atoms with Crippen LogP contribution in [-0.4, -0.2) is 142 Å². The normalized spacial score (nSPS) is 25.1. The molecule has 0 spiro atoms. The first-order chi connectivity index (χ1) is 36.0. The lowest BCUT2D eigenvalue weighted by Crippen LogP contribution is -2.61. The van der Waals surface area contributed by atoms with Crippen molar-refractivity contribution in [2.24, 2.45) is 0 Å². The van der Waals surface area contributed by atoms with Crippen LogP contribution in [0.2, 0.25) is 0 Å². The molecule has 0 aromatic carbocycles. The summed E-state index contributed by atoms with van der Waals surface area (Å²) in [7, 11) is 0. The summed E-state index contributed by atoms with van der Waals surface area (Å²) in [5.41, 5.74) is 0. The molecule has 2 fully saturated rings. The Morgan fingerprint density at radius 2 is 0.865 bits per heavy atom. The highest BCUT2D eigenvalue weighted by Gasteiger charge is 2.47. The standard InChI is InChI=1S/C59H102O15/c1-3-5-7-9-11-13-15-17-19-20-21-22-23-24-25-26-28-29-31-33-35-37-39-41-50(61)69-44-47(72-51(62)42-40-38-36-34-32-30-27-18-16-14-12-10-8-6-4-2)45-70-58-57(68)55(66)53(64)49(74-58)46-71-59-56(67)54(65)52(63)48(43-60)73-59/h6,8,12,14,18,27,32-35,47-49,52-60,63-68H,3-5,7,9-11,13,15-17,19-26,28-31,36-46H2,1-2H3/b8-6+,14-12+,27-18+,34-32+,35-33+/t47-,48+,49+,52-,53-,54?,55?,56?,57?,58+,59+/m0/s1. The summed E-state index contributed by atoms with van der Waals surface area (Å²) < 4.78 is 33.6. The maximum atomic E-state index is 13.0. The van der Waals surface area contributed by atoms with Gasteiger partial charge in [-0.3, -0.25) is 9.59 Å². The van der Waals surface area contributed by atoms with E-state index in [1.165, 1.54) is 109 Å². The molecule has 2 aliphatic heterocycles. The van der Waals surface area contributed by atoms with Crippen molar-refractivity contribution in [3.63, 3.8) is 0 Å². The molecule has 15 nitrogen and oxygen atoms in total. The Labute approximate surface area is 445 Å². The third-order valence-corrected chi connectivity index (χ3v) is 13.5. The lowest BCUT2D eigenvalue weighted by atomic mass is 9.98. The minimum atomic E-state index is -1.78. The molecule has 0 saturated carbocycles. The minimum Gasteiger partial charge on any atom is -0.462 e. The number of aliphatic hydroxyl groups is 7. The van der Waals surface area contributed by atoms with Gasteiger partial charge in [0.15, 0.2) is 18.7 Å². The van der Waals surface area contributed by atoms with Gasteiger partial charge >= 0.3 is 11.9 Å². The molecule has 0 radical (unpaired) electrons. The zero-order valence-electron chi connectivity index (χ0n) is 45.6. The first-order valence-corrected chi connectivity index (χ1v) is 28.9. The molecule has 0 aromatic rings. The number of esters is 2. The molecule has 2 rings (SSSR count). The van der Waals surface area contributed by atoms with E-state index in [2.05, 4.69) is 74.6 Å². The number of hydrogen-bond acceptors (Lipinski definition) is 15. The van der Waals surface area contributed by atoms with Gasteiger partial charge in [0.05, 0.1) is 19.8 Å². The van der Waals surface area contributed by atoms with Crippen LogP contribution in [0.4, 0.5) is 0 Å². The summed E-state index contributed by atoms with van der Waals surface area (Å²) in [6.07, 6.45) is 37.0. The Bertz CT molecular complexity index is 1520. The molecule has 0 aliphatic carbocycles. The molecule has 7 N–H and O–H groups in total. The first-order valence-electron chi connectivity index (χ1n) is 28.9. The van der Waals surface area contributed by atoms with Crippen molar-refractivity contribution in [1.29, 1.82) is 0 Å². The fraction of sp³-hybridized carbons (Fsp3) is 0.797. The number of aliphatic hydroxyl groups excluding tert-OH is 7. The van der Waals surface area contributed by atoms with E-state index in [4.69, 9.17) is 28.4 Å². The number of ether oxygens (including phenoxy) is 6. The number of hydrogen-bond donors (Lipinski definition) is 7. The van der Waals surface area contributed by atoms with Crippen molar-refractivity contribution in [3.05, 3.63) is 60.8 Å². The van der Waals surface area contributed by atoms with E-state index < -0.39 is 99.3 Å². The molecule has 4 unspecified atom stereocenters. The zero-order valence-corrected chi connectivity index (χ0v) is 45.6. The average Bonchev–Trinajstić information content (AvgIpc) is 3.39. The van der Waals surface area contributed by atoms with Crippen molar-refractivity contribution in [2.45, 2.75) is 274 Å². The van der Waals surface area contributed by atoms with Crippen LogP contribution < -0.4 is 0 Å². The Hall–Kier alpha value is -2.80. The number of carbonyl (C=O) groups excluding carboxylic acids is 2. The lowest BCUT2D eigenvalue weighted by Gasteiger charge is -2.42. The second kappa shape index (κ2) is 45.2. The van der Waals surface area contributed by atoms with E-state index in [9.17, 15) is 45.3 Å². The summed E-state index contributed by atoms with van der Waals surface area (Å²) in [5, 5.41) is 72.2. The SMILES string of the molecule is CC/C=C/C/C=C/C/C=C/C/C=C/CCCCC(=O)O[C@@H](COC(=O)CCC/C=C/CCCCCCCCCCCCCCCCCCCC)CO[C@@H]1O[C@H](CO[C@@H]2O[C@H](CO)[C@H](O)C(O)C2O)[C@H](O)C(O)C1O. The molecule has 11 atom stereocenters. The van der Waals surface area contributed by atoms with Gasteiger partial charge in [0.25, 0.3) is 0 Å². The smallest absolute Gasteiger partial charge is 0.306 e. The van der Waals surface area contributed by atoms with Crippen LogP contribution in [0.5, 0.6) is 0 Å². The van der Waals surface area contributed by atoms with E-state index in [0.717, 1.165) is 57.8 Å². The molecule has 74 heavy (non-hydrogen) atoms. The minimum absolute atomic E-state index is 0.106. The topological polar surface area (TPSA) is 231 Å². The quantitative estimate of drug-likeness (QED) is 0.0171. The Kier molecular flexibility index (Phi) is 41.2. The van der Waals surface area contributed by atoms with E-state index in [1.807, 2.05) is 0 Å². The summed E-state index contributed by atoms with van der Waals surface area (Å²) >= 11 is 0. The Morgan fingerprint density at radius 1 is 0.446 bits per heavy atom. The van der Waals surface area contributed by atoms with Crippen molar-refractivity contribution in [1.82, 2.24) is 0 Å². The van der Waals surface area contributed by atoms with Crippen molar-refractivity contribution in [2.75, 3.05) is 26.4 Å². The predicted molar refractivity (Wildman–Crippen MR) is 289 cm³/mol. The van der Waals surface area contributed by atoms with Gasteiger partial charge in [0.1, 0.15) is 55.4 Å². The van der Waals surface area contributed by atoms with Gasteiger partial charge < -0.3 is 64.2 Å². The van der Waals surface area contributed by atoms with Crippen LogP contribution in [0.25, 0.3) is 0 Å². The summed E-state index contributed by atoms with van der Waals surface area (Å²) in [5.74, 6) is -1.01. The Balaban J connectivity index is 1.76. The van der Waals surface area contributed by atoms with Crippen LogP contribution in [0, 0.1) is 0 Å². The predicted octanol–water partition coefficient (Wildman–Crippen LogP) is 9.61. The molecule has 2 saturated heterocycles. The van der Waals surface area contributed by atoms with Gasteiger partial charge in [-0.2, -0.15) is 0 Å². The highest BCUT2D eigenvalue weighted by Crippen LogP contribution is 2.27. The number of allylic oxidation sites excluding steroid dienone is 10. The van der Waals surface area contributed by atoms with E-state index >= 15 is 0 Å².